The molecule has 1 atom stereocenters. The van der Waals surface area contributed by atoms with E-state index in [1.165, 1.54) is 24.3 Å². The van der Waals surface area contributed by atoms with E-state index in [4.69, 9.17) is 11.6 Å². The molecule has 0 bridgehead atoms. The van der Waals surface area contributed by atoms with Crippen LogP contribution in [0.15, 0.2) is 29.7 Å². The second kappa shape index (κ2) is 5.22. The Morgan fingerprint density at radius 3 is 2.70 bits per heavy atom. The SMILES string of the molecule is O=C(NC1C=CS(=O)(=O)C1)c1cccc([N+](=O)[O-])c1Cl. The Labute approximate surface area is 119 Å². The van der Waals surface area contributed by atoms with E-state index >= 15 is 0 Å². The van der Waals surface area contributed by atoms with Crippen molar-refractivity contribution in [2.24, 2.45) is 0 Å². The number of nitrogens with one attached hydrogen (secondary N) is 1. The Bertz CT molecular complexity index is 714. The average molecular weight is 317 g/mol. The zero-order chi connectivity index (χ0) is 14.9. The highest BCUT2D eigenvalue weighted by Crippen LogP contribution is 2.27. The summed E-state index contributed by atoms with van der Waals surface area (Å²) in [4.78, 5) is 22.0. The lowest BCUT2D eigenvalue weighted by molar-refractivity contribution is -0.384. The lowest BCUT2D eigenvalue weighted by atomic mass is 10.1. The monoisotopic (exact) mass is 316 g/mol. The van der Waals surface area contributed by atoms with Crippen LogP contribution in [0.4, 0.5) is 5.69 Å². The van der Waals surface area contributed by atoms with Crippen LogP contribution in [0, 0.1) is 10.1 Å². The zero-order valence-electron chi connectivity index (χ0n) is 9.95. The Morgan fingerprint density at radius 1 is 1.45 bits per heavy atom. The van der Waals surface area contributed by atoms with Crippen LogP contribution < -0.4 is 5.32 Å². The summed E-state index contributed by atoms with van der Waals surface area (Å²) in [7, 11) is -3.29. The number of benzene rings is 1. The molecule has 1 aliphatic rings. The quantitative estimate of drug-likeness (QED) is 0.668. The minimum Gasteiger partial charge on any atom is -0.345 e. The molecule has 1 heterocycles. The number of carbonyl (C=O) groups excluding carboxylic acids is 1. The van der Waals surface area contributed by atoms with E-state index < -0.39 is 26.7 Å². The van der Waals surface area contributed by atoms with Crippen LogP contribution in [-0.2, 0) is 9.84 Å². The van der Waals surface area contributed by atoms with Crippen molar-refractivity contribution >= 4 is 33.0 Å². The molecular formula is C11H9ClN2O5S. The summed E-state index contributed by atoms with van der Waals surface area (Å²) < 4.78 is 22.4. The van der Waals surface area contributed by atoms with Crippen molar-refractivity contribution in [1.82, 2.24) is 5.32 Å². The minimum atomic E-state index is -3.29. The van der Waals surface area contributed by atoms with Gasteiger partial charge in [0.15, 0.2) is 9.84 Å². The molecule has 9 heteroatoms. The molecule has 2 rings (SSSR count). The summed E-state index contributed by atoms with van der Waals surface area (Å²) in [6, 6.07) is 3.18. The Hall–Kier alpha value is -1.93. The molecule has 1 amide bonds. The molecule has 1 N–H and O–H groups in total. The van der Waals surface area contributed by atoms with Gasteiger partial charge in [0.2, 0.25) is 0 Å². The second-order valence-electron chi connectivity index (χ2n) is 4.13. The lowest BCUT2D eigenvalue weighted by Gasteiger charge is -2.10. The van der Waals surface area contributed by atoms with E-state index in [1.807, 2.05) is 0 Å². The zero-order valence-corrected chi connectivity index (χ0v) is 11.5. The van der Waals surface area contributed by atoms with Gasteiger partial charge in [0.25, 0.3) is 11.6 Å². The van der Waals surface area contributed by atoms with Crippen LogP contribution in [-0.4, -0.2) is 31.0 Å². The maximum absolute atomic E-state index is 12.0. The number of nitro benzene ring substituents is 1. The van der Waals surface area contributed by atoms with Gasteiger partial charge in [-0.1, -0.05) is 17.7 Å². The molecule has 1 aromatic rings. The van der Waals surface area contributed by atoms with Crippen molar-refractivity contribution in [2.45, 2.75) is 6.04 Å². The Kier molecular flexibility index (Phi) is 3.78. The smallest absolute Gasteiger partial charge is 0.288 e. The summed E-state index contributed by atoms with van der Waals surface area (Å²) in [6.45, 7) is 0. The number of nitrogens with zero attached hydrogens (tertiary/aromatic N) is 1. The van der Waals surface area contributed by atoms with Crippen LogP contribution in [0.1, 0.15) is 10.4 Å². The van der Waals surface area contributed by atoms with E-state index in [9.17, 15) is 23.3 Å². The molecular weight excluding hydrogens is 308 g/mol. The molecule has 1 aliphatic heterocycles. The maximum atomic E-state index is 12.0. The van der Waals surface area contributed by atoms with Gasteiger partial charge < -0.3 is 5.32 Å². The fraction of sp³-hybridized carbons (Fsp3) is 0.182. The summed E-state index contributed by atoms with van der Waals surface area (Å²) >= 11 is 5.80. The van der Waals surface area contributed by atoms with Crippen LogP contribution in [0.3, 0.4) is 0 Å². The fourth-order valence-corrected chi connectivity index (χ4v) is 3.26. The van der Waals surface area contributed by atoms with E-state index in [2.05, 4.69) is 5.32 Å². The average Bonchev–Trinajstić information content (AvgIpc) is 2.68. The predicted octanol–water partition coefficient (Wildman–Crippen LogP) is 1.29. The molecule has 0 spiro atoms. The van der Waals surface area contributed by atoms with E-state index in [-0.39, 0.29) is 22.0 Å². The standard InChI is InChI=1S/C11H9ClN2O5S/c12-10-8(2-1-3-9(10)14(16)17)11(15)13-7-4-5-20(18,19)6-7/h1-5,7H,6H2,(H,13,15). The third-order valence-corrected chi connectivity index (χ3v) is 4.46. The number of halogens is 1. The molecule has 0 saturated carbocycles. The van der Waals surface area contributed by atoms with Crippen LogP contribution in [0.2, 0.25) is 5.02 Å². The number of amides is 1. The fourth-order valence-electron chi connectivity index (χ4n) is 1.75. The second-order valence-corrected chi connectivity index (χ2v) is 6.44. The maximum Gasteiger partial charge on any atom is 0.288 e. The molecule has 0 saturated heterocycles. The van der Waals surface area contributed by atoms with Crippen LogP contribution in [0.5, 0.6) is 0 Å². The molecule has 7 nitrogen and oxygen atoms in total. The van der Waals surface area contributed by atoms with Crippen molar-refractivity contribution < 1.29 is 18.1 Å². The number of rotatable bonds is 3. The number of nitro groups is 1. The predicted molar refractivity (Wildman–Crippen MR) is 72.3 cm³/mol. The molecule has 0 radical (unpaired) electrons. The van der Waals surface area contributed by atoms with Crippen molar-refractivity contribution in [3.8, 4) is 0 Å². The number of sulfone groups is 1. The molecule has 1 aromatic carbocycles. The first-order valence-electron chi connectivity index (χ1n) is 5.45. The molecule has 1 unspecified atom stereocenters. The summed E-state index contributed by atoms with van der Waals surface area (Å²) in [6.07, 6.45) is 1.35. The highest BCUT2D eigenvalue weighted by molar-refractivity contribution is 7.94. The molecule has 106 valence electrons. The number of hydrogen-bond acceptors (Lipinski definition) is 5. The van der Waals surface area contributed by atoms with Gasteiger partial charge in [0.05, 0.1) is 22.3 Å². The highest BCUT2D eigenvalue weighted by Gasteiger charge is 2.26. The van der Waals surface area contributed by atoms with Crippen LogP contribution >= 0.6 is 11.6 Å². The van der Waals surface area contributed by atoms with Crippen molar-refractivity contribution in [2.75, 3.05) is 5.75 Å². The highest BCUT2D eigenvalue weighted by atomic mass is 35.5. The van der Waals surface area contributed by atoms with Gasteiger partial charge in [0.1, 0.15) is 5.02 Å². The van der Waals surface area contributed by atoms with E-state index in [1.54, 1.807) is 0 Å². The molecule has 0 fully saturated rings. The largest absolute Gasteiger partial charge is 0.345 e. The molecule has 0 aromatic heterocycles. The normalized spacial score (nSPS) is 19.8. The summed E-state index contributed by atoms with van der Waals surface area (Å²) in [5.41, 5.74) is -0.451. The minimum absolute atomic E-state index is 0.0708. The molecule has 0 aliphatic carbocycles. The third kappa shape index (κ3) is 2.97. The first kappa shape index (κ1) is 14.5. The van der Waals surface area contributed by atoms with Gasteiger partial charge in [0, 0.05) is 11.5 Å². The van der Waals surface area contributed by atoms with Crippen LogP contribution in [0.25, 0.3) is 0 Å². The van der Waals surface area contributed by atoms with Crippen molar-refractivity contribution in [3.63, 3.8) is 0 Å². The van der Waals surface area contributed by atoms with Gasteiger partial charge in [-0.2, -0.15) is 0 Å². The van der Waals surface area contributed by atoms with E-state index in [0.717, 1.165) is 5.41 Å². The Balaban J connectivity index is 2.21. The van der Waals surface area contributed by atoms with Crippen molar-refractivity contribution in [3.05, 3.63) is 50.4 Å². The van der Waals surface area contributed by atoms with E-state index in [0.29, 0.717) is 0 Å². The van der Waals surface area contributed by atoms with Gasteiger partial charge >= 0.3 is 0 Å². The number of carbonyl (C=O) groups is 1. The topological polar surface area (TPSA) is 106 Å². The van der Waals surface area contributed by atoms with Gasteiger partial charge in [-0.05, 0) is 12.1 Å². The van der Waals surface area contributed by atoms with Gasteiger partial charge in [-0.3, -0.25) is 14.9 Å². The summed E-state index contributed by atoms with van der Waals surface area (Å²) in [5.74, 6) is -0.892. The first-order chi connectivity index (χ1) is 9.30. The van der Waals surface area contributed by atoms with Gasteiger partial charge in [-0.25, -0.2) is 8.42 Å². The number of hydrogen-bond donors (Lipinski definition) is 1. The summed E-state index contributed by atoms with van der Waals surface area (Å²) in [5, 5.41) is 13.9. The first-order valence-corrected chi connectivity index (χ1v) is 7.54. The van der Waals surface area contributed by atoms with Crippen molar-refractivity contribution in [1.29, 1.82) is 0 Å². The molecule has 20 heavy (non-hydrogen) atoms. The lowest BCUT2D eigenvalue weighted by Crippen LogP contribution is -2.35. The third-order valence-electron chi connectivity index (χ3n) is 2.67. The van der Waals surface area contributed by atoms with Gasteiger partial charge in [-0.15, -0.1) is 0 Å². The Morgan fingerprint density at radius 2 is 2.15 bits per heavy atom.